The van der Waals surface area contributed by atoms with Crippen molar-refractivity contribution in [2.45, 2.75) is 0 Å². The Labute approximate surface area is 96.7 Å². The molecule has 0 saturated carbocycles. The lowest BCUT2D eigenvalue weighted by atomic mass is 10.2. The number of thiazole rings is 1. The van der Waals surface area contributed by atoms with Crippen molar-refractivity contribution in [2.24, 2.45) is 0 Å². The van der Waals surface area contributed by atoms with Crippen molar-refractivity contribution in [3.05, 3.63) is 52.0 Å². The molecule has 4 heteroatoms. The average Bonchev–Trinajstić information content (AvgIpc) is 2.76. The molecule has 3 nitrogen and oxygen atoms in total. The Balaban J connectivity index is 2.15. The van der Waals surface area contributed by atoms with Crippen molar-refractivity contribution >= 4 is 29.5 Å². The molecule has 0 unspecified atom stereocenters. The van der Waals surface area contributed by atoms with E-state index < -0.39 is 5.97 Å². The van der Waals surface area contributed by atoms with E-state index in [1.165, 1.54) is 16.7 Å². The lowest BCUT2D eigenvalue weighted by Gasteiger charge is -1.89. The zero-order chi connectivity index (χ0) is 11.4. The Bertz CT molecular complexity index is 517. The summed E-state index contributed by atoms with van der Waals surface area (Å²) in [7, 11) is 0. The molecular formula is C12H9NO2S. The molecule has 0 radical (unpaired) electrons. The minimum atomic E-state index is -0.990. The maximum absolute atomic E-state index is 10.6. The first kappa shape index (κ1) is 10.6. The summed E-state index contributed by atoms with van der Waals surface area (Å²) in [5.74, 6) is -0.990. The molecule has 1 N–H and O–H groups in total. The van der Waals surface area contributed by atoms with Crippen molar-refractivity contribution in [1.82, 2.24) is 4.98 Å². The lowest BCUT2D eigenvalue weighted by Crippen LogP contribution is -1.95. The molecule has 0 aliphatic carbocycles. The molecule has 0 amide bonds. The van der Waals surface area contributed by atoms with Gasteiger partial charge in [-0.2, -0.15) is 0 Å². The Hall–Kier alpha value is -1.94. The first-order chi connectivity index (χ1) is 7.75. The fraction of sp³-hybridized carbons (Fsp3) is 0. The van der Waals surface area contributed by atoms with E-state index in [0.29, 0.717) is 5.01 Å². The number of aromatic nitrogens is 1. The number of benzene rings is 1. The molecular weight excluding hydrogens is 222 g/mol. The van der Waals surface area contributed by atoms with Crippen LogP contribution in [0.4, 0.5) is 0 Å². The Morgan fingerprint density at radius 3 is 2.62 bits per heavy atom. The standard InChI is InChI=1S/C12H9NO2S/c14-12(15)10-8-16-11(13-10)7-6-9-4-2-1-3-5-9/h1-8H,(H,14,15)/b7-6+. The largest absolute Gasteiger partial charge is 0.476 e. The number of hydrogen-bond donors (Lipinski definition) is 1. The summed E-state index contributed by atoms with van der Waals surface area (Å²) in [6.07, 6.45) is 3.72. The number of carboxylic acid groups (broad SMARTS) is 1. The Morgan fingerprint density at radius 2 is 2.00 bits per heavy atom. The molecule has 0 bridgehead atoms. The zero-order valence-corrected chi connectivity index (χ0v) is 9.15. The monoisotopic (exact) mass is 231 g/mol. The summed E-state index contributed by atoms with van der Waals surface area (Å²) in [5.41, 5.74) is 1.16. The van der Waals surface area contributed by atoms with Crippen LogP contribution in [0.25, 0.3) is 12.2 Å². The molecule has 1 aromatic carbocycles. The van der Waals surface area contributed by atoms with Gasteiger partial charge in [-0.3, -0.25) is 0 Å². The van der Waals surface area contributed by atoms with E-state index in [0.717, 1.165) is 5.56 Å². The van der Waals surface area contributed by atoms with Crippen LogP contribution in [0.2, 0.25) is 0 Å². The number of nitrogens with zero attached hydrogens (tertiary/aromatic N) is 1. The van der Waals surface area contributed by atoms with E-state index in [1.54, 1.807) is 0 Å². The van der Waals surface area contributed by atoms with Gasteiger partial charge in [-0.25, -0.2) is 9.78 Å². The Kier molecular flexibility index (Phi) is 3.12. The maximum Gasteiger partial charge on any atom is 0.355 e. The normalized spacial score (nSPS) is 10.8. The average molecular weight is 231 g/mol. The molecule has 0 atom stereocenters. The summed E-state index contributed by atoms with van der Waals surface area (Å²) in [6.45, 7) is 0. The van der Waals surface area contributed by atoms with Gasteiger partial charge in [0.2, 0.25) is 0 Å². The predicted molar refractivity (Wildman–Crippen MR) is 64.4 cm³/mol. The van der Waals surface area contributed by atoms with Gasteiger partial charge in [0.05, 0.1) is 0 Å². The third-order valence-electron chi connectivity index (χ3n) is 1.96. The summed E-state index contributed by atoms with van der Waals surface area (Å²) >= 11 is 1.32. The SMILES string of the molecule is O=C(O)c1csc(/C=C/c2ccccc2)n1. The van der Waals surface area contributed by atoms with Gasteiger partial charge in [0.1, 0.15) is 5.01 Å². The molecule has 2 rings (SSSR count). The molecule has 0 saturated heterocycles. The van der Waals surface area contributed by atoms with Gasteiger partial charge < -0.3 is 5.11 Å². The van der Waals surface area contributed by atoms with Crippen LogP contribution in [-0.4, -0.2) is 16.1 Å². The number of rotatable bonds is 3. The van der Waals surface area contributed by atoms with Crippen LogP contribution in [0.15, 0.2) is 35.7 Å². The lowest BCUT2D eigenvalue weighted by molar-refractivity contribution is 0.0691. The third-order valence-corrected chi connectivity index (χ3v) is 2.77. The van der Waals surface area contributed by atoms with Crippen LogP contribution < -0.4 is 0 Å². The zero-order valence-electron chi connectivity index (χ0n) is 8.33. The fourth-order valence-electron chi connectivity index (χ4n) is 1.19. The van der Waals surface area contributed by atoms with Gasteiger partial charge >= 0.3 is 5.97 Å². The second-order valence-electron chi connectivity index (χ2n) is 3.12. The number of aromatic carboxylic acids is 1. The van der Waals surface area contributed by atoms with E-state index in [4.69, 9.17) is 5.11 Å². The summed E-state index contributed by atoms with van der Waals surface area (Å²) in [5, 5.41) is 10.9. The number of carboxylic acids is 1. The minimum absolute atomic E-state index is 0.0951. The van der Waals surface area contributed by atoms with Crippen molar-refractivity contribution in [3.8, 4) is 0 Å². The predicted octanol–water partition coefficient (Wildman–Crippen LogP) is 3.01. The molecule has 2 aromatic rings. The highest BCUT2D eigenvalue weighted by molar-refractivity contribution is 7.10. The highest BCUT2D eigenvalue weighted by Crippen LogP contribution is 2.13. The van der Waals surface area contributed by atoms with Crippen LogP contribution in [0, 0.1) is 0 Å². The number of hydrogen-bond acceptors (Lipinski definition) is 3. The van der Waals surface area contributed by atoms with Gasteiger partial charge in [0.25, 0.3) is 0 Å². The van der Waals surface area contributed by atoms with Gasteiger partial charge in [-0.15, -0.1) is 11.3 Å². The molecule has 1 aromatic heterocycles. The van der Waals surface area contributed by atoms with Gasteiger partial charge in [0, 0.05) is 5.38 Å². The summed E-state index contributed by atoms with van der Waals surface area (Å²) in [6, 6.07) is 9.79. The van der Waals surface area contributed by atoms with Crippen LogP contribution in [0.1, 0.15) is 21.1 Å². The van der Waals surface area contributed by atoms with Gasteiger partial charge in [-0.1, -0.05) is 36.4 Å². The molecule has 80 valence electrons. The smallest absolute Gasteiger partial charge is 0.355 e. The molecule has 0 fully saturated rings. The first-order valence-electron chi connectivity index (χ1n) is 4.67. The summed E-state index contributed by atoms with van der Waals surface area (Å²) in [4.78, 5) is 14.6. The van der Waals surface area contributed by atoms with Crippen LogP contribution >= 0.6 is 11.3 Å². The van der Waals surface area contributed by atoms with Gasteiger partial charge in [-0.05, 0) is 11.6 Å². The van der Waals surface area contributed by atoms with Crippen molar-refractivity contribution in [2.75, 3.05) is 0 Å². The molecule has 1 heterocycles. The second-order valence-corrected chi connectivity index (χ2v) is 4.01. The van der Waals surface area contributed by atoms with E-state index in [2.05, 4.69) is 4.98 Å². The van der Waals surface area contributed by atoms with Crippen LogP contribution in [-0.2, 0) is 0 Å². The van der Waals surface area contributed by atoms with Crippen molar-refractivity contribution in [1.29, 1.82) is 0 Å². The van der Waals surface area contributed by atoms with Crippen LogP contribution in [0.3, 0.4) is 0 Å². The third kappa shape index (κ3) is 2.55. The summed E-state index contributed by atoms with van der Waals surface area (Å²) < 4.78 is 0. The van der Waals surface area contributed by atoms with E-state index in [1.807, 2.05) is 42.5 Å². The molecule has 0 aliphatic heterocycles. The van der Waals surface area contributed by atoms with Gasteiger partial charge in [0.15, 0.2) is 5.69 Å². The van der Waals surface area contributed by atoms with Crippen molar-refractivity contribution < 1.29 is 9.90 Å². The van der Waals surface area contributed by atoms with Crippen molar-refractivity contribution in [3.63, 3.8) is 0 Å². The van der Waals surface area contributed by atoms with E-state index in [9.17, 15) is 4.79 Å². The topological polar surface area (TPSA) is 50.2 Å². The highest BCUT2D eigenvalue weighted by atomic mass is 32.1. The fourth-order valence-corrected chi connectivity index (χ4v) is 1.88. The first-order valence-corrected chi connectivity index (χ1v) is 5.55. The van der Waals surface area contributed by atoms with E-state index >= 15 is 0 Å². The second kappa shape index (κ2) is 4.72. The highest BCUT2D eigenvalue weighted by Gasteiger charge is 2.05. The molecule has 0 aliphatic rings. The maximum atomic E-state index is 10.6. The number of carbonyl (C=O) groups is 1. The van der Waals surface area contributed by atoms with E-state index in [-0.39, 0.29) is 5.69 Å². The van der Waals surface area contributed by atoms with Crippen LogP contribution in [0.5, 0.6) is 0 Å². The molecule has 16 heavy (non-hydrogen) atoms. The molecule has 0 spiro atoms. The minimum Gasteiger partial charge on any atom is -0.476 e. The Morgan fingerprint density at radius 1 is 1.25 bits per heavy atom. The quantitative estimate of drug-likeness (QED) is 0.883.